The van der Waals surface area contributed by atoms with Gasteiger partial charge < -0.3 is 50.3 Å². The highest BCUT2D eigenvalue weighted by Gasteiger charge is 2.22. The van der Waals surface area contributed by atoms with Gasteiger partial charge in [-0.25, -0.2) is 4.57 Å². The molecule has 1 amide bonds. The molecule has 22 heavy (non-hydrogen) atoms. The topological polar surface area (TPSA) is 242 Å². The van der Waals surface area contributed by atoms with Gasteiger partial charge >= 0.3 is 13.8 Å². The second kappa shape index (κ2) is 14.5. The van der Waals surface area contributed by atoms with Gasteiger partial charge in [0.25, 0.3) is 0 Å². The minimum absolute atomic E-state index is 0.0869. The maximum atomic E-state index is 9.76. The van der Waals surface area contributed by atoms with Crippen molar-refractivity contribution in [3.05, 3.63) is 0 Å². The number of amides is 1. The average Bonchev–Trinajstić information content (AvgIpc) is 2.41. The fourth-order valence-corrected chi connectivity index (χ4v) is 0.545. The summed E-state index contributed by atoms with van der Waals surface area (Å²) in [5.41, 5.74) is 0. The molecule has 0 bridgehead atoms. The number of carboxylic acids is 1. The third kappa shape index (κ3) is 27.0. The van der Waals surface area contributed by atoms with E-state index in [1.54, 1.807) is 0 Å². The van der Waals surface area contributed by atoms with Crippen LogP contribution in [0.25, 0.3) is 0 Å². The summed E-state index contributed by atoms with van der Waals surface area (Å²) in [5, 5.41) is 43.8. The monoisotopic (exact) mass is 351 g/mol. The molecule has 0 spiro atoms. The van der Waals surface area contributed by atoms with Crippen LogP contribution in [-0.2, 0) is 18.9 Å². The Morgan fingerprint density at radius 3 is 1.73 bits per heavy atom. The van der Waals surface area contributed by atoms with Gasteiger partial charge in [0.2, 0.25) is 6.41 Å². The molecule has 0 radical (unpaired) electrons. The van der Waals surface area contributed by atoms with Crippen molar-refractivity contribution in [2.75, 3.05) is 13.2 Å². The van der Waals surface area contributed by atoms with Crippen LogP contribution in [0.5, 0.6) is 0 Å². The van der Waals surface area contributed by atoms with E-state index in [9.17, 15) is 14.4 Å². The van der Waals surface area contributed by atoms with E-state index in [1.165, 1.54) is 0 Å². The fraction of sp³-hybridized carbons (Fsp3) is 0.625. The lowest BCUT2D eigenvalue weighted by Crippen LogP contribution is -2.40. The van der Waals surface area contributed by atoms with Crippen molar-refractivity contribution in [3.63, 3.8) is 0 Å². The highest BCUT2D eigenvalue weighted by Crippen LogP contribution is 2.25. The number of carbonyl (C=O) groups is 3. The van der Waals surface area contributed by atoms with Gasteiger partial charge in [-0.15, -0.1) is 0 Å². The van der Waals surface area contributed by atoms with E-state index in [0.717, 1.165) is 0 Å². The third-order valence-corrected chi connectivity index (χ3v) is 1.41. The van der Waals surface area contributed by atoms with Crippen molar-refractivity contribution in [1.29, 1.82) is 0 Å². The number of phosphoric acid groups is 1. The highest BCUT2D eigenvalue weighted by atomic mass is 31.2. The van der Waals surface area contributed by atoms with Crippen LogP contribution >= 0.6 is 7.82 Å². The minimum atomic E-state index is -4.64. The molecule has 3 atom stereocenters. The molecule has 13 nitrogen and oxygen atoms in total. The molecule has 3 unspecified atom stereocenters. The lowest BCUT2D eigenvalue weighted by Gasteiger charge is -2.16. The number of hydrogen-bond donors (Lipinski definition) is 9. The summed E-state index contributed by atoms with van der Waals surface area (Å²) in [5.74, 6) is -1.04. The van der Waals surface area contributed by atoms with Crippen molar-refractivity contribution in [3.8, 4) is 0 Å². The molecule has 0 heterocycles. The van der Waals surface area contributed by atoms with E-state index >= 15 is 0 Å². The van der Waals surface area contributed by atoms with Crippen LogP contribution in [0.3, 0.4) is 0 Å². The van der Waals surface area contributed by atoms with Crippen molar-refractivity contribution < 1.29 is 59.2 Å². The van der Waals surface area contributed by atoms with Gasteiger partial charge in [-0.1, -0.05) is 0 Å². The Morgan fingerprint density at radius 2 is 1.55 bits per heavy atom. The predicted molar refractivity (Wildman–Crippen MR) is 67.1 cm³/mol. The van der Waals surface area contributed by atoms with E-state index < -0.39 is 38.7 Å². The molecule has 0 rings (SSSR count). The number of aldehydes is 1. The number of carboxylic acid groups (broad SMARTS) is 1. The lowest BCUT2D eigenvalue weighted by molar-refractivity contribution is -0.136. The normalized spacial score (nSPS) is 14.0. The van der Waals surface area contributed by atoms with Crippen LogP contribution < -0.4 is 5.32 Å². The van der Waals surface area contributed by atoms with E-state index in [0.29, 0.717) is 6.41 Å². The van der Waals surface area contributed by atoms with Crippen molar-refractivity contribution in [1.82, 2.24) is 5.32 Å². The fourth-order valence-electron chi connectivity index (χ4n) is 0.545. The SMILES string of the molecule is O=CC(O)C(O)C(O)CO.O=CNCC(=O)O.O=P(O)(O)O. The summed E-state index contributed by atoms with van der Waals surface area (Å²) in [6.07, 6.45) is -4.29. The summed E-state index contributed by atoms with van der Waals surface area (Å²) in [6.45, 7) is -0.991. The number of rotatable bonds is 7. The van der Waals surface area contributed by atoms with E-state index in [1.807, 2.05) is 5.32 Å². The molecule has 0 aliphatic carbocycles. The number of hydrogen-bond acceptors (Lipinski definition) is 8. The van der Waals surface area contributed by atoms with Crippen LogP contribution in [0, 0.1) is 0 Å². The number of aliphatic hydroxyl groups is 4. The molecule has 0 aromatic heterocycles. The Hall–Kier alpha value is -1.44. The summed E-state index contributed by atoms with van der Waals surface area (Å²) >= 11 is 0. The standard InChI is InChI=1S/C5H10O5.C3H5NO3.H3O4P/c6-1-3(8)5(10)4(9)2-7;5-2-4-1-3(6)7;1-5(2,3)4/h1,3-5,7-10H,2H2;2H,1H2,(H,4,5)(H,6,7);(H3,1,2,3,4). The zero-order chi connectivity index (χ0) is 18.3. The second-order valence-corrected chi connectivity index (χ2v) is 4.30. The molecule has 0 fully saturated rings. The van der Waals surface area contributed by atoms with Crippen LogP contribution in [0.2, 0.25) is 0 Å². The van der Waals surface area contributed by atoms with Gasteiger partial charge in [0, 0.05) is 0 Å². The largest absolute Gasteiger partial charge is 0.480 e. The molecule has 0 aliphatic rings. The quantitative estimate of drug-likeness (QED) is 0.155. The molecule has 0 saturated heterocycles. The van der Waals surface area contributed by atoms with Gasteiger partial charge in [0.1, 0.15) is 24.9 Å². The Kier molecular flexibility index (Phi) is 16.8. The zero-order valence-corrected chi connectivity index (χ0v) is 11.9. The van der Waals surface area contributed by atoms with Gasteiger partial charge in [0.05, 0.1) is 6.61 Å². The molecule has 0 saturated carbocycles. The van der Waals surface area contributed by atoms with Crippen molar-refractivity contribution in [2.24, 2.45) is 0 Å². The molecule has 0 aromatic rings. The van der Waals surface area contributed by atoms with Crippen LogP contribution in [-0.4, -0.2) is 90.3 Å². The summed E-state index contributed by atoms with van der Waals surface area (Å²) < 4.78 is 8.88. The lowest BCUT2D eigenvalue weighted by atomic mass is 10.1. The second-order valence-electron chi connectivity index (χ2n) is 3.27. The maximum absolute atomic E-state index is 9.76. The zero-order valence-electron chi connectivity index (χ0n) is 11.0. The van der Waals surface area contributed by atoms with Gasteiger partial charge in [0.15, 0.2) is 6.29 Å². The highest BCUT2D eigenvalue weighted by molar-refractivity contribution is 7.45. The average molecular weight is 351 g/mol. The summed E-state index contributed by atoms with van der Waals surface area (Å²) in [7, 11) is -4.64. The number of aliphatic carboxylic acids is 1. The van der Waals surface area contributed by atoms with Crippen molar-refractivity contribution >= 4 is 26.5 Å². The smallest absolute Gasteiger partial charge is 0.466 e. The van der Waals surface area contributed by atoms with E-state index in [4.69, 9.17) is 44.8 Å². The maximum Gasteiger partial charge on any atom is 0.466 e. The van der Waals surface area contributed by atoms with Crippen LogP contribution in [0.4, 0.5) is 0 Å². The van der Waals surface area contributed by atoms with E-state index in [-0.39, 0.29) is 12.8 Å². The first-order valence-corrected chi connectivity index (χ1v) is 6.74. The Balaban J connectivity index is -0.000000263. The van der Waals surface area contributed by atoms with Gasteiger partial charge in [-0.05, 0) is 0 Å². The molecular weight excluding hydrogens is 333 g/mol. The minimum Gasteiger partial charge on any atom is -0.480 e. The molecule has 0 aliphatic heterocycles. The first-order valence-electron chi connectivity index (χ1n) is 5.18. The summed E-state index contributed by atoms with van der Waals surface area (Å²) in [6, 6.07) is 0. The van der Waals surface area contributed by atoms with Crippen molar-refractivity contribution in [2.45, 2.75) is 18.3 Å². The third-order valence-electron chi connectivity index (χ3n) is 1.41. The Bertz CT molecular complexity index is 349. The molecule has 0 aromatic carbocycles. The molecule has 9 N–H and O–H groups in total. The number of aliphatic hydroxyl groups excluding tert-OH is 4. The molecule has 14 heteroatoms. The number of nitrogens with one attached hydrogen (secondary N) is 1. The molecular formula is C8H18NO12P. The predicted octanol–water partition coefficient (Wildman–Crippen LogP) is -4.85. The first kappa shape index (κ1) is 25.5. The first-order chi connectivity index (χ1) is 9.90. The molecule has 132 valence electrons. The van der Waals surface area contributed by atoms with Crippen LogP contribution in [0.1, 0.15) is 0 Å². The van der Waals surface area contributed by atoms with Gasteiger partial charge in [-0.2, -0.15) is 0 Å². The Labute approximate surface area is 123 Å². The Morgan fingerprint density at radius 1 is 1.14 bits per heavy atom. The van der Waals surface area contributed by atoms with E-state index in [2.05, 4.69) is 0 Å². The summed E-state index contributed by atoms with van der Waals surface area (Å²) in [4.78, 5) is 50.2. The number of carbonyl (C=O) groups excluding carboxylic acids is 2. The van der Waals surface area contributed by atoms with Crippen LogP contribution in [0.15, 0.2) is 0 Å². The van der Waals surface area contributed by atoms with Gasteiger partial charge in [-0.3, -0.25) is 9.59 Å².